The van der Waals surface area contributed by atoms with Crippen molar-refractivity contribution in [2.75, 3.05) is 0 Å². The molecule has 0 aromatic rings. The lowest BCUT2D eigenvalue weighted by Gasteiger charge is -2.35. The monoisotopic (exact) mass is 414 g/mol. The highest BCUT2D eigenvalue weighted by Gasteiger charge is 2.33. The zero-order chi connectivity index (χ0) is 22.4. The summed E-state index contributed by atoms with van der Waals surface area (Å²) < 4.78 is 16.9. The molecule has 168 valence electrons. The summed E-state index contributed by atoms with van der Waals surface area (Å²) in [5.41, 5.74) is -0.946. The summed E-state index contributed by atoms with van der Waals surface area (Å²) in [5.74, 6) is 0. The molecule has 29 heavy (non-hydrogen) atoms. The molecule has 0 bridgehead atoms. The number of aliphatic hydroxyl groups excluding tert-OH is 1. The third-order valence-electron chi connectivity index (χ3n) is 3.81. The second-order valence-electron chi connectivity index (χ2n) is 9.75. The number of aliphatic hydroxyl groups is 1. The van der Waals surface area contributed by atoms with Crippen LogP contribution >= 0.6 is 0 Å². The molecule has 0 aromatic carbocycles. The zero-order valence-electron chi connectivity index (χ0n) is 18.9. The summed E-state index contributed by atoms with van der Waals surface area (Å²) in [6.07, 6.45) is -0.136. The Hall–Kier alpha value is -1.80. The lowest BCUT2D eigenvalue weighted by molar-refractivity contribution is -0.129. The van der Waals surface area contributed by atoms with Crippen molar-refractivity contribution in [1.82, 2.24) is 10.6 Å². The van der Waals surface area contributed by atoms with Crippen molar-refractivity contribution < 1.29 is 28.9 Å². The van der Waals surface area contributed by atoms with Crippen molar-refractivity contribution in [3.05, 3.63) is 12.2 Å². The van der Waals surface area contributed by atoms with E-state index in [2.05, 4.69) is 10.6 Å². The van der Waals surface area contributed by atoms with Gasteiger partial charge >= 0.3 is 12.2 Å². The van der Waals surface area contributed by atoms with Crippen LogP contribution in [0.5, 0.6) is 0 Å². The Morgan fingerprint density at radius 1 is 0.966 bits per heavy atom. The van der Waals surface area contributed by atoms with Gasteiger partial charge < -0.3 is 30.0 Å². The molecule has 1 rings (SSSR count). The molecule has 2 amide bonds. The Morgan fingerprint density at radius 2 is 1.48 bits per heavy atom. The Labute approximate surface area is 174 Å². The largest absolute Gasteiger partial charge is 0.442 e. The number of amides is 2. The lowest BCUT2D eigenvalue weighted by Crippen LogP contribution is -2.45. The molecular formula is C21H38N2O6. The normalized spacial score (nSPS) is 26.8. The van der Waals surface area contributed by atoms with Crippen molar-refractivity contribution in [2.24, 2.45) is 0 Å². The van der Waals surface area contributed by atoms with Gasteiger partial charge in [-0.25, -0.2) is 9.59 Å². The fraction of sp³-hybridized carbons (Fsp3) is 0.810. The third kappa shape index (κ3) is 11.1. The minimum atomic E-state index is -0.897. The summed E-state index contributed by atoms with van der Waals surface area (Å²) in [5, 5.41) is 16.1. The Kier molecular flexibility index (Phi) is 8.96. The van der Waals surface area contributed by atoms with Gasteiger partial charge in [0.15, 0.2) is 0 Å². The first-order chi connectivity index (χ1) is 13.1. The summed E-state index contributed by atoms with van der Waals surface area (Å²) in [4.78, 5) is 24.2. The molecule has 4 unspecified atom stereocenters. The molecule has 0 saturated heterocycles. The van der Waals surface area contributed by atoms with Crippen LogP contribution in [0.3, 0.4) is 0 Å². The summed E-state index contributed by atoms with van der Waals surface area (Å²) in [6.45, 7) is 14.9. The number of ether oxygens (including phenoxy) is 3. The van der Waals surface area contributed by atoms with E-state index in [-0.39, 0.29) is 12.5 Å². The average Bonchev–Trinajstić information content (AvgIpc) is 2.46. The lowest BCUT2D eigenvalue weighted by atomic mass is 9.96. The Balaban J connectivity index is 2.96. The van der Waals surface area contributed by atoms with E-state index in [0.29, 0.717) is 6.42 Å². The predicted octanol–water partition coefficient (Wildman–Crippen LogP) is 3.28. The van der Waals surface area contributed by atoms with Crippen LogP contribution in [0.2, 0.25) is 0 Å². The van der Waals surface area contributed by atoms with Crippen molar-refractivity contribution in [3.63, 3.8) is 0 Å². The van der Waals surface area contributed by atoms with E-state index in [1.54, 1.807) is 12.2 Å². The highest BCUT2D eigenvalue weighted by Crippen LogP contribution is 2.25. The molecule has 4 atom stereocenters. The van der Waals surface area contributed by atoms with Gasteiger partial charge in [0, 0.05) is 24.4 Å². The molecule has 0 radical (unpaired) electrons. The van der Waals surface area contributed by atoms with E-state index < -0.39 is 47.7 Å². The van der Waals surface area contributed by atoms with Gasteiger partial charge in [0.1, 0.15) is 12.2 Å². The molecule has 0 aliphatic heterocycles. The van der Waals surface area contributed by atoms with Crippen LogP contribution in [0.15, 0.2) is 12.2 Å². The minimum absolute atomic E-state index is 0.0653. The van der Waals surface area contributed by atoms with E-state index >= 15 is 0 Å². The maximum atomic E-state index is 12.1. The Morgan fingerprint density at radius 3 is 1.97 bits per heavy atom. The van der Waals surface area contributed by atoms with Gasteiger partial charge in [-0.05, 0) is 67.5 Å². The summed E-state index contributed by atoms with van der Waals surface area (Å²) >= 11 is 0. The number of carbonyl (C=O) groups excluding carboxylic acids is 2. The molecule has 8 heteroatoms. The molecule has 8 nitrogen and oxygen atoms in total. The van der Waals surface area contributed by atoms with E-state index in [4.69, 9.17) is 14.2 Å². The van der Waals surface area contributed by atoms with E-state index in [0.717, 1.165) is 0 Å². The first kappa shape index (κ1) is 25.2. The van der Waals surface area contributed by atoms with Crippen LogP contribution in [-0.2, 0) is 14.2 Å². The van der Waals surface area contributed by atoms with Crippen LogP contribution in [0.25, 0.3) is 0 Å². The molecule has 1 aliphatic carbocycles. The highest BCUT2D eigenvalue weighted by atomic mass is 16.6. The fourth-order valence-corrected chi connectivity index (χ4v) is 2.82. The number of rotatable bonds is 4. The molecule has 0 heterocycles. The van der Waals surface area contributed by atoms with E-state index in [1.807, 2.05) is 55.4 Å². The van der Waals surface area contributed by atoms with Crippen LogP contribution in [-0.4, -0.2) is 58.9 Å². The quantitative estimate of drug-likeness (QED) is 0.610. The summed E-state index contributed by atoms with van der Waals surface area (Å²) in [7, 11) is 0. The molecular weight excluding hydrogens is 376 g/mol. The smallest absolute Gasteiger partial charge is 0.408 e. The van der Waals surface area contributed by atoms with Gasteiger partial charge in [0.2, 0.25) is 0 Å². The standard InChI is InChI=1S/C21H38N2O6/c1-13(2)22-18(25)27-15-10-9-14(28-19(26)23-20(3,4)5)11-16(24)17(12-15)29-21(6,7)8/h9-10,13-17,24H,11-12H2,1-8H3,(H,22,25)(H,23,26)/b10-9+. The fourth-order valence-electron chi connectivity index (χ4n) is 2.82. The van der Waals surface area contributed by atoms with Gasteiger partial charge in [0.25, 0.3) is 0 Å². The van der Waals surface area contributed by atoms with Gasteiger partial charge in [0.05, 0.1) is 17.8 Å². The molecule has 0 spiro atoms. The van der Waals surface area contributed by atoms with Crippen LogP contribution in [0.4, 0.5) is 9.59 Å². The second-order valence-corrected chi connectivity index (χ2v) is 9.75. The number of hydrogen-bond acceptors (Lipinski definition) is 6. The summed E-state index contributed by atoms with van der Waals surface area (Å²) in [6, 6.07) is -0.0653. The minimum Gasteiger partial charge on any atom is -0.442 e. The zero-order valence-corrected chi connectivity index (χ0v) is 18.9. The average molecular weight is 415 g/mol. The van der Waals surface area contributed by atoms with Crippen LogP contribution < -0.4 is 10.6 Å². The second kappa shape index (κ2) is 10.3. The molecule has 0 fully saturated rings. The molecule has 3 N–H and O–H groups in total. The van der Waals surface area contributed by atoms with Gasteiger partial charge in [-0.2, -0.15) is 0 Å². The van der Waals surface area contributed by atoms with E-state index in [9.17, 15) is 14.7 Å². The van der Waals surface area contributed by atoms with Crippen molar-refractivity contribution >= 4 is 12.2 Å². The van der Waals surface area contributed by atoms with Crippen molar-refractivity contribution in [1.29, 1.82) is 0 Å². The van der Waals surface area contributed by atoms with Crippen molar-refractivity contribution in [3.8, 4) is 0 Å². The van der Waals surface area contributed by atoms with Gasteiger partial charge in [-0.3, -0.25) is 0 Å². The van der Waals surface area contributed by atoms with Crippen LogP contribution in [0, 0.1) is 0 Å². The molecule has 1 aliphatic rings. The van der Waals surface area contributed by atoms with Crippen molar-refractivity contribution in [2.45, 2.75) is 110 Å². The molecule has 0 saturated carbocycles. The topological polar surface area (TPSA) is 106 Å². The third-order valence-corrected chi connectivity index (χ3v) is 3.81. The SMILES string of the molecule is CC(C)NC(=O)OC1/C=C/C(OC(=O)NC(C)(C)C)CC(O)C(OC(C)(C)C)C1. The van der Waals surface area contributed by atoms with Gasteiger partial charge in [-0.1, -0.05) is 0 Å². The number of alkyl carbamates (subject to hydrolysis) is 2. The number of hydrogen-bond donors (Lipinski definition) is 3. The maximum absolute atomic E-state index is 12.1. The van der Waals surface area contributed by atoms with Gasteiger partial charge in [-0.15, -0.1) is 0 Å². The first-order valence-electron chi connectivity index (χ1n) is 10.1. The predicted molar refractivity (Wildman–Crippen MR) is 111 cm³/mol. The maximum Gasteiger partial charge on any atom is 0.408 e. The first-order valence-corrected chi connectivity index (χ1v) is 10.1. The number of nitrogens with one attached hydrogen (secondary N) is 2. The molecule has 0 aromatic heterocycles. The van der Waals surface area contributed by atoms with Crippen LogP contribution in [0.1, 0.15) is 68.2 Å². The number of carbonyl (C=O) groups is 2. The highest BCUT2D eigenvalue weighted by molar-refractivity contribution is 5.68. The van der Waals surface area contributed by atoms with E-state index in [1.165, 1.54) is 0 Å². The Bertz CT molecular complexity index is 577.